The second-order valence-corrected chi connectivity index (χ2v) is 9.67. The van der Waals surface area contributed by atoms with Gasteiger partial charge in [-0.2, -0.15) is 0 Å². The third kappa shape index (κ3) is 4.14. The fourth-order valence-electron chi connectivity index (χ4n) is 4.47. The molecule has 2 amide bonds. The van der Waals surface area contributed by atoms with Gasteiger partial charge < -0.3 is 20.2 Å². The van der Waals surface area contributed by atoms with E-state index in [-0.39, 0.29) is 17.9 Å². The van der Waals surface area contributed by atoms with Gasteiger partial charge in [0.25, 0.3) is 5.91 Å². The number of benzene rings is 1. The number of thiazole rings is 1. The van der Waals surface area contributed by atoms with Crippen molar-refractivity contribution in [3.05, 3.63) is 47.5 Å². The first kappa shape index (κ1) is 22.4. The number of likely N-dealkylation sites (N-methyl/N-ethyl adjacent to an activating group) is 1. The largest absolute Gasteiger partial charge is 0.375 e. The van der Waals surface area contributed by atoms with E-state index in [1.165, 1.54) is 11.3 Å². The summed E-state index contributed by atoms with van der Waals surface area (Å²) in [6.07, 6.45) is 2.92. The lowest BCUT2D eigenvalue weighted by atomic mass is 9.91. The van der Waals surface area contributed by atoms with Crippen LogP contribution in [0.3, 0.4) is 0 Å². The number of hydrogen-bond acceptors (Lipinski definition) is 8. The molecule has 10 heteroatoms. The lowest BCUT2D eigenvalue weighted by molar-refractivity contribution is -0.143. The van der Waals surface area contributed by atoms with Gasteiger partial charge in [0.15, 0.2) is 5.60 Å². The smallest absolute Gasteiger partial charge is 0.258 e. The van der Waals surface area contributed by atoms with Crippen LogP contribution in [0.15, 0.2) is 41.9 Å². The van der Waals surface area contributed by atoms with Crippen molar-refractivity contribution < 1.29 is 14.7 Å². The Hall–Kier alpha value is -3.37. The first-order chi connectivity index (χ1) is 16.3. The maximum absolute atomic E-state index is 12.5. The fourth-order valence-corrected chi connectivity index (χ4v) is 5.28. The number of amides is 2. The molecule has 0 aliphatic carbocycles. The molecule has 2 aromatic heterocycles. The summed E-state index contributed by atoms with van der Waals surface area (Å²) in [5, 5.41) is 17.0. The SMILES string of the molecule is CC(=O)N1CC[C@@H](Nc2nccc(-c3csc(-c4cccc([C@]5(O)CCN(C)C5=O)c4)n3)n2)C1. The van der Waals surface area contributed by atoms with Gasteiger partial charge in [0.1, 0.15) is 10.7 Å². The van der Waals surface area contributed by atoms with E-state index in [4.69, 9.17) is 4.98 Å². The third-order valence-electron chi connectivity index (χ3n) is 6.49. The van der Waals surface area contributed by atoms with Crippen molar-refractivity contribution in [2.75, 3.05) is 32.0 Å². The van der Waals surface area contributed by atoms with Crippen molar-refractivity contribution in [1.29, 1.82) is 0 Å². The highest BCUT2D eigenvalue weighted by atomic mass is 32.1. The molecule has 4 heterocycles. The summed E-state index contributed by atoms with van der Waals surface area (Å²) >= 11 is 1.48. The average molecular weight is 479 g/mol. The van der Waals surface area contributed by atoms with E-state index in [1.807, 2.05) is 34.5 Å². The van der Waals surface area contributed by atoms with E-state index < -0.39 is 5.60 Å². The molecule has 2 saturated heterocycles. The Balaban J connectivity index is 1.35. The average Bonchev–Trinajstić information content (AvgIpc) is 3.57. The van der Waals surface area contributed by atoms with Crippen LogP contribution in [0.2, 0.25) is 0 Å². The standard InChI is InChI=1S/C24H26N6O3S/c1-15(31)30-10-7-18(13-30)26-23-25-9-6-19(28-23)20-14-34-21(27-20)16-4-3-5-17(12-16)24(33)8-11-29(2)22(24)32/h3-6,9,12,14,18,33H,7-8,10-11,13H2,1-2H3,(H,25,26,28)/t18-,24-/m1/s1. The van der Waals surface area contributed by atoms with Gasteiger partial charge in [-0.3, -0.25) is 9.59 Å². The summed E-state index contributed by atoms with van der Waals surface area (Å²) in [6.45, 7) is 3.49. The topological polar surface area (TPSA) is 112 Å². The molecule has 2 N–H and O–H groups in total. The summed E-state index contributed by atoms with van der Waals surface area (Å²) in [5.41, 5.74) is 1.36. The van der Waals surface area contributed by atoms with Gasteiger partial charge in [-0.1, -0.05) is 18.2 Å². The predicted octanol–water partition coefficient (Wildman–Crippen LogP) is 2.35. The number of nitrogens with zero attached hydrogens (tertiary/aromatic N) is 5. The van der Waals surface area contributed by atoms with E-state index in [2.05, 4.69) is 15.3 Å². The maximum Gasteiger partial charge on any atom is 0.258 e. The van der Waals surface area contributed by atoms with E-state index >= 15 is 0 Å². The van der Waals surface area contributed by atoms with Crippen LogP contribution in [0, 0.1) is 0 Å². The number of aliphatic hydroxyl groups is 1. The van der Waals surface area contributed by atoms with E-state index in [1.54, 1.807) is 31.1 Å². The molecule has 176 valence electrons. The van der Waals surface area contributed by atoms with Crippen LogP contribution < -0.4 is 5.32 Å². The van der Waals surface area contributed by atoms with Crippen LogP contribution in [0.4, 0.5) is 5.95 Å². The molecule has 2 aliphatic heterocycles. The lowest BCUT2D eigenvalue weighted by Gasteiger charge is -2.21. The van der Waals surface area contributed by atoms with Gasteiger partial charge in [-0.15, -0.1) is 11.3 Å². The molecular weight excluding hydrogens is 452 g/mol. The van der Waals surface area contributed by atoms with Crippen LogP contribution in [-0.2, 0) is 15.2 Å². The Labute approximate surface area is 201 Å². The number of nitrogens with one attached hydrogen (secondary N) is 1. The molecule has 9 nitrogen and oxygen atoms in total. The molecule has 1 aromatic carbocycles. The van der Waals surface area contributed by atoms with Gasteiger partial charge in [-0.25, -0.2) is 15.0 Å². The minimum absolute atomic E-state index is 0.0782. The molecule has 0 saturated carbocycles. The van der Waals surface area contributed by atoms with Crippen molar-refractivity contribution >= 4 is 29.1 Å². The van der Waals surface area contributed by atoms with Crippen LogP contribution in [-0.4, -0.2) is 74.4 Å². The quantitative estimate of drug-likeness (QED) is 0.579. The summed E-state index contributed by atoms with van der Waals surface area (Å²) in [4.78, 5) is 41.1. The third-order valence-corrected chi connectivity index (χ3v) is 7.38. The van der Waals surface area contributed by atoms with E-state index in [9.17, 15) is 14.7 Å². The zero-order chi connectivity index (χ0) is 23.9. The molecule has 2 atom stereocenters. The van der Waals surface area contributed by atoms with Crippen molar-refractivity contribution in [1.82, 2.24) is 24.8 Å². The molecule has 0 radical (unpaired) electrons. The monoisotopic (exact) mass is 478 g/mol. The lowest BCUT2D eigenvalue weighted by Crippen LogP contribution is -2.36. The summed E-state index contributed by atoms with van der Waals surface area (Å²) in [7, 11) is 1.70. The summed E-state index contributed by atoms with van der Waals surface area (Å²) in [5.74, 6) is 0.309. The van der Waals surface area contributed by atoms with E-state index in [0.29, 0.717) is 36.7 Å². The predicted molar refractivity (Wildman–Crippen MR) is 129 cm³/mol. The zero-order valence-electron chi connectivity index (χ0n) is 19.1. The molecule has 2 aliphatic rings. The van der Waals surface area contributed by atoms with Crippen LogP contribution in [0.1, 0.15) is 25.3 Å². The highest BCUT2D eigenvalue weighted by molar-refractivity contribution is 7.13. The highest BCUT2D eigenvalue weighted by Gasteiger charge is 2.45. The molecule has 3 aromatic rings. The molecule has 2 fully saturated rings. The number of aromatic nitrogens is 3. The van der Waals surface area contributed by atoms with Crippen molar-refractivity contribution in [3.8, 4) is 22.0 Å². The van der Waals surface area contributed by atoms with Gasteiger partial charge >= 0.3 is 0 Å². The van der Waals surface area contributed by atoms with E-state index in [0.717, 1.165) is 29.2 Å². The van der Waals surface area contributed by atoms with Crippen molar-refractivity contribution in [3.63, 3.8) is 0 Å². The summed E-state index contributed by atoms with van der Waals surface area (Å²) in [6, 6.07) is 9.32. The number of carbonyl (C=O) groups is 2. The maximum atomic E-state index is 12.5. The minimum Gasteiger partial charge on any atom is -0.375 e. The first-order valence-corrected chi connectivity index (χ1v) is 12.1. The molecule has 0 unspecified atom stereocenters. The molecule has 5 rings (SSSR count). The van der Waals surface area contributed by atoms with Crippen LogP contribution >= 0.6 is 11.3 Å². The number of likely N-dealkylation sites (tertiary alicyclic amines) is 2. The fraction of sp³-hybridized carbons (Fsp3) is 0.375. The second-order valence-electron chi connectivity index (χ2n) is 8.82. The highest BCUT2D eigenvalue weighted by Crippen LogP contribution is 2.36. The second kappa shape index (κ2) is 8.77. The Morgan fingerprint density at radius 2 is 2.09 bits per heavy atom. The molecular formula is C24H26N6O3S. The Kier molecular flexibility index (Phi) is 5.78. The normalized spacial score (nSPS) is 22.4. The zero-order valence-corrected chi connectivity index (χ0v) is 19.9. The van der Waals surface area contributed by atoms with Crippen LogP contribution in [0.25, 0.3) is 22.0 Å². The Morgan fingerprint density at radius 3 is 2.82 bits per heavy atom. The minimum atomic E-state index is -1.49. The Bertz CT molecular complexity index is 1250. The first-order valence-electron chi connectivity index (χ1n) is 11.2. The van der Waals surface area contributed by atoms with Gasteiger partial charge in [0.2, 0.25) is 11.9 Å². The van der Waals surface area contributed by atoms with Gasteiger partial charge in [-0.05, 0) is 24.1 Å². The van der Waals surface area contributed by atoms with Gasteiger partial charge in [0, 0.05) is 63.2 Å². The van der Waals surface area contributed by atoms with Crippen molar-refractivity contribution in [2.24, 2.45) is 0 Å². The van der Waals surface area contributed by atoms with Gasteiger partial charge in [0.05, 0.1) is 5.69 Å². The number of hydrogen-bond donors (Lipinski definition) is 2. The summed E-state index contributed by atoms with van der Waals surface area (Å²) < 4.78 is 0. The molecule has 34 heavy (non-hydrogen) atoms. The number of carbonyl (C=O) groups excluding carboxylic acids is 2. The van der Waals surface area contributed by atoms with Crippen LogP contribution in [0.5, 0.6) is 0 Å². The number of anilines is 1. The molecule has 0 spiro atoms. The number of rotatable bonds is 5. The molecule has 0 bridgehead atoms. The Morgan fingerprint density at radius 1 is 1.24 bits per heavy atom. The van der Waals surface area contributed by atoms with Crippen molar-refractivity contribution in [2.45, 2.75) is 31.4 Å².